The number of methoxy groups -OCH3 is 1. The van der Waals surface area contributed by atoms with Crippen molar-refractivity contribution in [3.63, 3.8) is 0 Å². The van der Waals surface area contributed by atoms with Gasteiger partial charge in [0.25, 0.3) is 0 Å². The lowest BCUT2D eigenvalue weighted by molar-refractivity contribution is -0.895. The van der Waals surface area contributed by atoms with Crippen molar-refractivity contribution in [1.82, 2.24) is 0 Å². The fourth-order valence-electron chi connectivity index (χ4n) is 6.05. The quantitative estimate of drug-likeness (QED) is 0.334. The first kappa shape index (κ1) is 16.0. The number of anilines is 1. The highest BCUT2D eigenvalue weighted by atomic mass is 16.6. The van der Waals surface area contributed by atoms with Crippen LogP contribution in [0.25, 0.3) is 0 Å². The van der Waals surface area contributed by atoms with Crippen molar-refractivity contribution in [2.45, 2.75) is 37.4 Å². The van der Waals surface area contributed by atoms with Crippen molar-refractivity contribution in [3.05, 3.63) is 46.7 Å². The number of hydrogen-bond donors (Lipinski definition) is 0. The van der Waals surface area contributed by atoms with Crippen LogP contribution in [-0.2, 0) is 9.53 Å². The molecule has 1 aromatic rings. The van der Waals surface area contributed by atoms with E-state index in [2.05, 4.69) is 0 Å². The topological polar surface area (TPSA) is 69.7 Å². The van der Waals surface area contributed by atoms with E-state index in [9.17, 15) is 14.8 Å². The zero-order valence-corrected chi connectivity index (χ0v) is 15.0. The van der Waals surface area contributed by atoms with Crippen molar-refractivity contribution in [2.75, 3.05) is 25.1 Å². The van der Waals surface area contributed by atoms with Gasteiger partial charge in [-0.25, -0.2) is 4.79 Å². The molecule has 0 aliphatic carbocycles. The first-order valence-corrected chi connectivity index (χ1v) is 9.22. The molecular weight excluding hydrogens is 332 g/mol. The monoisotopic (exact) mass is 354 g/mol. The van der Waals surface area contributed by atoms with Gasteiger partial charge in [-0.2, -0.15) is 0 Å². The van der Waals surface area contributed by atoms with E-state index in [0.717, 1.165) is 11.3 Å². The predicted molar refractivity (Wildman–Crippen MR) is 95.4 cm³/mol. The van der Waals surface area contributed by atoms with Crippen LogP contribution in [0.5, 0.6) is 0 Å². The summed E-state index contributed by atoms with van der Waals surface area (Å²) in [5.41, 5.74) is 1.51. The molecule has 4 unspecified atom stereocenters. The summed E-state index contributed by atoms with van der Waals surface area (Å²) in [7, 11) is 1.39. The van der Waals surface area contributed by atoms with Crippen LogP contribution in [-0.4, -0.2) is 54.2 Å². The van der Waals surface area contributed by atoms with Gasteiger partial charge in [-0.05, 0) is 24.6 Å². The van der Waals surface area contributed by atoms with E-state index in [-0.39, 0.29) is 28.4 Å². The smallest absolute Gasteiger partial charge is 0.329 e. The van der Waals surface area contributed by atoms with E-state index in [1.54, 1.807) is 0 Å². The van der Waals surface area contributed by atoms with Crippen LogP contribution in [0.2, 0.25) is 0 Å². The van der Waals surface area contributed by atoms with Gasteiger partial charge < -0.3 is 19.5 Å². The van der Waals surface area contributed by atoms with Crippen molar-refractivity contribution >= 4 is 17.4 Å². The maximum atomic E-state index is 13.6. The molecule has 0 aromatic heterocycles. The van der Waals surface area contributed by atoms with E-state index in [4.69, 9.17) is 4.74 Å². The number of Topliss-reactive ketones (excluding diaryl/α,β-unsaturated/α-hetero) is 1. The number of fused-ring (bicyclic) bond motifs is 3. The van der Waals surface area contributed by atoms with E-state index in [1.165, 1.54) is 7.11 Å². The zero-order chi connectivity index (χ0) is 18.3. The molecule has 136 valence electrons. The number of hydrogen-bond acceptors (Lipinski definition) is 5. The standard InChI is InChI=1S/C20H22N2O4/c1-3-12-11-22(25)9-8-20-16(22)10-14(12)17(19(24)26-2)21(20)15-7-5-4-6-13(15)18(20)23/h3-7,14,16-17H,8-11H2,1-2H3/b12-3+/t14?,16?,17-,20?,22?/m1/s1. The molecule has 1 spiro atoms. The lowest BCUT2D eigenvalue weighted by Crippen LogP contribution is -2.74. The largest absolute Gasteiger partial charge is 0.632 e. The highest BCUT2D eigenvalue weighted by Gasteiger charge is 2.73. The minimum absolute atomic E-state index is 0.00484. The summed E-state index contributed by atoms with van der Waals surface area (Å²) in [6.07, 6.45) is 3.04. The summed E-state index contributed by atoms with van der Waals surface area (Å²) >= 11 is 0. The molecule has 5 atom stereocenters. The van der Waals surface area contributed by atoms with E-state index >= 15 is 0 Å². The number of carbonyl (C=O) groups is 2. The minimum atomic E-state index is -0.903. The van der Waals surface area contributed by atoms with Gasteiger partial charge >= 0.3 is 5.97 Å². The van der Waals surface area contributed by atoms with Gasteiger partial charge in [-0.1, -0.05) is 18.2 Å². The molecule has 2 bridgehead atoms. The van der Waals surface area contributed by atoms with Gasteiger partial charge in [-0.15, -0.1) is 0 Å². The number of carbonyl (C=O) groups excluding carboxylic acids is 2. The number of ketones is 1. The Morgan fingerprint density at radius 1 is 1.42 bits per heavy atom. The number of rotatable bonds is 1. The Hall–Kier alpha value is -2.18. The van der Waals surface area contributed by atoms with Gasteiger partial charge in [0, 0.05) is 30.0 Å². The molecule has 4 heterocycles. The first-order chi connectivity index (χ1) is 12.5. The summed E-state index contributed by atoms with van der Waals surface area (Å²) in [6.45, 7) is 2.72. The Kier molecular flexibility index (Phi) is 3.06. The maximum Gasteiger partial charge on any atom is 0.329 e. The highest BCUT2D eigenvalue weighted by molar-refractivity contribution is 6.16. The molecular formula is C20H22N2O4. The SMILES string of the molecule is C/C=C1\C[N+]2([O-])CCC34C(=O)c5ccccc5N3[C@@H](C(=O)OC)C1CC42. The molecule has 0 radical (unpaired) electrons. The normalized spacial score (nSPS) is 41.2. The Labute approximate surface area is 152 Å². The van der Waals surface area contributed by atoms with Crippen LogP contribution in [0.4, 0.5) is 5.69 Å². The Morgan fingerprint density at radius 3 is 2.92 bits per heavy atom. The number of esters is 1. The van der Waals surface area contributed by atoms with Crippen LogP contribution in [0.15, 0.2) is 35.9 Å². The average Bonchev–Trinajstić information content (AvgIpc) is 3.12. The van der Waals surface area contributed by atoms with Gasteiger partial charge in [-0.3, -0.25) is 4.79 Å². The van der Waals surface area contributed by atoms with Crippen LogP contribution in [0.3, 0.4) is 0 Å². The fraction of sp³-hybridized carbons (Fsp3) is 0.500. The molecule has 6 nitrogen and oxygen atoms in total. The molecule has 6 heteroatoms. The van der Waals surface area contributed by atoms with Gasteiger partial charge in [0.1, 0.15) is 18.6 Å². The van der Waals surface area contributed by atoms with Crippen molar-refractivity contribution in [1.29, 1.82) is 0 Å². The maximum absolute atomic E-state index is 13.6. The van der Waals surface area contributed by atoms with Crippen LogP contribution in [0.1, 0.15) is 30.1 Å². The van der Waals surface area contributed by atoms with Crippen molar-refractivity contribution in [3.8, 4) is 0 Å². The second-order valence-electron chi connectivity index (χ2n) is 7.91. The van der Waals surface area contributed by atoms with Gasteiger partial charge in [0.05, 0.1) is 13.7 Å². The third kappa shape index (κ3) is 1.60. The van der Waals surface area contributed by atoms with E-state index in [1.807, 2.05) is 42.2 Å². The number of para-hydroxylation sites is 1. The lowest BCUT2D eigenvalue weighted by atomic mass is 9.69. The average molecular weight is 354 g/mol. The molecule has 3 fully saturated rings. The molecule has 3 saturated heterocycles. The van der Waals surface area contributed by atoms with Crippen LogP contribution < -0.4 is 4.90 Å². The molecule has 4 aliphatic heterocycles. The Balaban J connectivity index is 1.79. The Morgan fingerprint density at radius 2 is 2.19 bits per heavy atom. The minimum Gasteiger partial charge on any atom is -0.632 e. The molecule has 0 amide bonds. The molecule has 4 aliphatic rings. The van der Waals surface area contributed by atoms with Gasteiger partial charge in [0.2, 0.25) is 0 Å². The molecule has 0 N–H and O–H groups in total. The summed E-state index contributed by atoms with van der Waals surface area (Å²) in [6, 6.07) is 6.56. The van der Waals surface area contributed by atoms with Crippen molar-refractivity contribution < 1.29 is 19.0 Å². The van der Waals surface area contributed by atoms with Crippen molar-refractivity contribution in [2.24, 2.45) is 5.92 Å². The Bertz CT molecular complexity index is 865. The summed E-state index contributed by atoms with van der Waals surface area (Å²) in [5.74, 6) is -0.400. The zero-order valence-electron chi connectivity index (χ0n) is 15.0. The van der Waals surface area contributed by atoms with Gasteiger partial charge in [0.15, 0.2) is 11.3 Å². The first-order valence-electron chi connectivity index (χ1n) is 9.22. The number of piperidine rings is 2. The number of benzene rings is 1. The number of hydroxylamine groups is 3. The van der Waals surface area contributed by atoms with Crippen LogP contribution >= 0.6 is 0 Å². The molecule has 26 heavy (non-hydrogen) atoms. The fourth-order valence-corrected chi connectivity index (χ4v) is 6.05. The third-order valence-corrected chi connectivity index (χ3v) is 7.10. The molecule has 1 aromatic carbocycles. The molecule has 5 rings (SSSR count). The lowest BCUT2D eigenvalue weighted by Gasteiger charge is -2.59. The predicted octanol–water partition coefficient (Wildman–Crippen LogP) is 2.04. The summed E-state index contributed by atoms with van der Waals surface area (Å²) < 4.78 is 4.81. The number of nitrogens with zero attached hydrogens (tertiary/aromatic N) is 2. The number of allylic oxidation sites excluding steroid dienone is 1. The van der Waals surface area contributed by atoms with E-state index < -0.39 is 11.6 Å². The third-order valence-electron chi connectivity index (χ3n) is 7.10. The van der Waals surface area contributed by atoms with Crippen LogP contribution in [0, 0.1) is 11.1 Å². The second kappa shape index (κ2) is 4.96. The molecule has 0 saturated carbocycles. The second-order valence-corrected chi connectivity index (χ2v) is 7.91. The number of quaternary nitrogens is 1. The summed E-state index contributed by atoms with van der Waals surface area (Å²) in [4.78, 5) is 28.3. The number of ether oxygens (including phenoxy) is 1. The highest BCUT2D eigenvalue weighted by Crippen LogP contribution is 2.59. The summed E-state index contributed by atoms with van der Waals surface area (Å²) in [5, 5.41) is 13.6. The van der Waals surface area contributed by atoms with E-state index in [0.29, 0.717) is 31.5 Å².